The lowest BCUT2D eigenvalue weighted by molar-refractivity contribution is -0.108. The van der Waals surface area contributed by atoms with Crippen LogP contribution in [-0.4, -0.2) is 6.41 Å². The van der Waals surface area contributed by atoms with E-state index in [4.69, 9.17) is 0 Å². The van der Waals surface area contributed by atoms with Gasteiger partial charge in [0.1, 0.15) is 5.54 Å². The molecule has 0 saturated carbocycles. The van der Waals surface area contributed by atoms with Gasteiger partial charge in [0.15, 0.2) is 0 Å². The quantitative estimate of drug-likeness (QED) is 0.274. The summed E-state index contributed by atoms with van der Waals surface area (Å²) >= 11 is 0. The van der Waals surface area contributed by atoms with Gasteiger partial charge < -0.3 is 0 Å². The molecule has 1 amide bonds. The standard InChI is InChI=1S/C26H22N2O/c29-21-28(25-19-11-4-12-20-25)27-26(22-13-5-1-6-14-22,23-15-7-2-8-16-23)24-17-9-3-10-18-24/h1-21,27H. The molecule has 0 aromatic heterocycles. The van der Waals surface area contributed by atoms with Crippen LogP contribution in [0.5, 0.6) is 0 Å². The van der Waals surface area contributed by atoms with E-state index in [1.54, 1.807) is 5.01 Å². The SMILES string of the molecule is O=CN(NC(c1ccccc1)(c1ccccc1)c1ccccc1)c1ccccc1. The normalized spacial score (nSPS) is 11.0. The number of benzene rings is 4. The van der Waals surface area contributed by atoms with Crippen molar-refractivity contribution >= 4 is 12.1 Å². The van der Waals surface area contributed by atoms with Gasteiger partial charge in [0.25, 0.3) is 0 Å². The molecule has 29 heavy (non-hydrogen) atoms. The zero-order chi connectivity index (χ0) is 19.9. The molecule has 4 aromatic carbocycles. The first-order chi connectivity index (χ1) is 14.3. The van der Waals surface area contributed by atoms with Gasteiger partial charge in [-0.05, 0) is 28.8 Å². The van der Waals surface area contributed by atoms with Crippen molar-refractivity contribution in [3.63, 3.8) is 0 Å². The van der Waals surface area contributed by atoms with Gasteiger partial charge in [-0.2, -0.15) is 0 Å². The Hall–Kier alpha value is -3.69. The average Bonchev–Trinajstić information content (AvgIpc) is 2.82. The molecule has 0 aliphatic rings. The fourth-order valence-electron chi connectivity index (χ4n) is 3.68. The van der Waals surface area contributed by atoms with E-state index in [1.165, 1.54) is 0 Å². The summed E-state index contributed by atoms with van der Waals surface area (Å²) in [5, 5.41) is 1.55. The third-order valence-corrected chi connectivity index (χ3v) is 5.05. The van der Waals surface area contributed by atoms with Crippen LogP contribution in [0.3, 0.4) is 0 Å². The Kier molecular flexibility index (Phi) is 5.50. The van der Waals surface area contributed by atoms with E-state index < -0.39 is 5.54 Å². The van der Waals surface area contributed by atoms with E-state index >= 15 is 0 Å². The molecule has 0 aliphatic heterocycles. The second-order valence-electron chi connectivity index (χ2n) is 6.77. The minimum absolute atomic E-state index is 0.749. The zero-order valence-electron chi connectivity index (χ0n) is 16.0. The highest BCUT2D eigenvalue weighted by molar-refractivity contribution is 5.74. The van der Waals surface area contributed by atoms with Crippen molar-refractivity contribution in [2.24, 2.45) is 0 Å². The number of nitrogens with one attached hydrogen (secondary N) is 1. The number of carbonyl (C=O) groups excluding carboxylic acids is 1. The van der Waals surface area contributed by atoms with Crippen LogP contribution >= 0.6 is 0 Å². The fourth-order valence-corrected chi connectivity index (χ4v) is 3.68. The van der Waals surface area contributed by atoms with Crippen molar-refractivity contribution < 1.29 is 4.79 Å². The number of para-hydroxylation sites is 1. The summed E-state index contributed by atoms with van der Waals surface area (Å²) in [6.45, 7) is 0. The zero-order valence-corrected chi connectivity index (χ0v) is 16.0. The lowest BCUT2D eigenvalue weighted by atomic mass is 9.77. The molecule has 4 rings (SSSR count). The monoisotopic (exact) mass is 378 g/mol. The molecule has 0 radical (unpaired) electrons. The summed E-state index contributed by atoms with van der Waals surface area (Å²) in [4.78, 5) is 12.1. The first-order valence-corrected chi connectivity index (χ1v) is 9.58. The third-order valence-electron chi connectivity index (χ3n) is 5.05. The molecule has 3 nitrogen and oxygen atoms in total. The van der Waals surface area contributed by atoms with E-state index in [2.05, 4.69) is 41.8 Å². The van der Waals surface area contributed by atoms with Gasteiger partial charge in [0.05, 0.1) is 5.69 Å². The van der Waals surface area contributed by atoms with Crippen LogP contribution in [0.2, 0.25) is 0 Å². The molecular formula is C26H22N2O. The highest BCUT2D eigenvalue weighted by atomic mass is 16.1. The van der Waals surface area contributed by atoms with Crippen molar-refractivity contribution in [3.8, 4) is 0 Å². The Morgan fingerprint density at radius 3 is 1.24 bits per heavy atom. The second-order valence-corrected chi connectivity index (χ2v) is 6.77. The lowest BCUT2D eigenvalue weighted by Crippen LogP contribution is -2.53. The maximum atomic E-state index is 12.1. The van der Waals surface area contributed by atoms with E-state index in [0.29, 0.717) is 0 Å². The molecule has 0 heterocycles. The third kappa shape index (κ3) is 3.68. The van der Waals surface area contributed by atoms with Crippen LogP contribution < -0.4 is 10.4 Å². The number of anilines is 1. The van der Waals surface area contributed by atoms with E-state index in [9.17, 15) is 4.79 Å². The van der Waals surface area contributed by atoms with Crippen molar-refractivity contribution in [3.05, 3.63) is 138 Å². The van der Waals surface area contributed by atoms with Gasteiger partial charge in [-0.25, -0.2) is 10.4 Å². The molecule has 0 fully saturated rings. The van der Waals surface area contributed by atoms with Crippen LogP contribution in [0, 0.1) is 0 Å². The Labute approximate surface area is 171 Å². The van der Waals surface area contributed by atoms with Crippen LogP contribution in [-0.2, 0) is 10.3 Å². The number of carbonyl (C=O) groups is 1. The highest BCUT2D eigenvalue weighted by Gasteiger charge is 2.38. The van der Waals surface area contributed by atoms with Gasteiger partial charge in [0, 0.05) is 0 Å². The molecule has 1 N–H and O–H groups in total. The number of amides is 1. The Bertz CT molecular complexity index is 938. The smallest absolute Gasteiger partial charge is 0.228 e. The average molecular weight is 378 g/mol. The molecular weight excluding hydrogens is 356 g/mol. The van der Waals surface area contributed by atoms with E-state index in [-0.39, 0.29) is 0 Å². The summed E-state index contributed by atoms with van der Waals surface area (Å²) in [6, 6.07) is 40.2. The molecule has 142 valence electrons. The number of hydrogen-bond donors (Lipinski definition) is 1. The van der Waals surface area contributed by atoms with E-state index in [0.717, 1.165) is 28.8 Å². The Morgan fingerprint density at radius 2 is 0.897 bits per heavy atom. The predicted molar refractivity (Wildman–Crippen MR) is 117 cm³/mol. The summed E-state index contributed by atoms with van der Waals surface area (Å²) in [7, 11) is 0. The van der Waals surface area contributed by atoms with Crippen LogP contribution in [0.15, 0.2) is 121 Å². The number of hydrogen-bond acceptors (Lipinski definition) is 2. The molecule has 0 unspecified atom stereocenters. The van der Waals surface area contributed by atoms with Gasteiger partial charge in [-0.15, -0.1) is 0 Å². The van der Waals surface area contributed by atoms with Crippen molar-refractivity contribution in [2.75, 3.05) is 5.01 Å². The van der Waals surface area contributed by atoms with Gasteiger partial charge in [-0.1, -0.05) is 109 Å². The van der Waals surface area contributed by atoms with Crippen molar-refractivity contribution in [2.45, 2.75) is 5.54 Å². The van der Waals surface area contributed by atoms with Crippen molar-refractivity contribution in [1.82, 2.24) is 5.43 Å². The molecule has 0 atom stereocenters. The van der Waals surface area contributed by atoms with Gasteiger partial charge >= 0.3 is 0 Å². The Balaban J connectivity index is 1.96. The summed E-state index contributed by atoms with van der Waals surface area (Å²) in [5.41, 5.74) is 6.70. The fraction of sp³-hybridized carbons (Fsp3) is 0.0385. The first kappa shape index (κ1) is 18.7. The summed E-state index contributed by atoms with van der Waals surface area (Å²) < 4.78 is 0. The molecule has 0 bridgehead atoms. The maximum Gasteiger partial charge on any atom is 0.228 e. The van der Waals surface area contributed by atoms with Crippen LogP contribution in [0.25, 0.3) is 0 Å². The maximum absolute atomic E-state index is 12.1. The predicted octanol–water partition coefficient (Wildman–Crippen LogP) is 5.15. The molecule has 3 heteroatoms. The van der Waals surface area contributed by atoms with Gasteiger partial charge in [-0.3, -0.25) is 4.79 Å². The minimum atomic E-state index is -0.749. The van der Waals surface area contributed by atoms with Crippen LogP contribution in [0.4, 0.5) is 5.69 Å². The first-order valence-electron chi connectivity index (χ1n) is 9.58. The molecule has 0 aliphatic carbocycles. The minimum Gasteiger partial charge on any atom is -0.277 e. The summed E-state index contributed by atoms with van der Waals surface area (Å²) in [6.07, 6.45) is 0.818. The number of hydrazine groups is 1. The largest absolute Gasteiger partial charge is 0.277 e. The molecule has 4 aromatic rings. The molecule has 0 saturated heterocycles. The lowest BCUT2D eigenvalue weighted by Gasteiger charge is -2.40. The van der Waals surface area contributed by atoms with Crippen LogP contribution in [0.1, 0.15) is 16.7 Å². The molecule has 0 spiro atoms. The summed E-state index contributed by atoms with van der Waals surface area (Å²) in [5.74, 6) is 0. The topological polar surface area (TPSA) is 32.3 Å². The highest BCUT2D eigenvalue weighted by Crippen LogP contribution is 2.37. The van der Waals surface area contributed by atoms with Gasteiger partial charge in [0.2, 0.25) is 6.41 Å². The Morgan fingerprint density at radius 1 is 0.552 bits per heavy atom. The van der Waals surface area contributed by atoms with E-state index in [1.807, 2.05) is 84.9 Å². The number of nitrogens with zero attached hydrogens (tertiary/aromatic N) is 1. The second kappa shape index (κ2) is 8.55. The number of rotatable bonds is 7. The van der Waals surface area contributed by atoms with Crippen molar-refractivity contribution in [1.29, 1.82) is 0 Å².